The summed E-state index contributed by atoms with van der Waals surface area (Å²) >= 11 is 0. The maximum atomic E-state index is 10.6. The molecule has 0 aromatic heterocycles. The molecule has 4 nitrogen and oxygen atoms in total. The van der Waals surface area contributed by atoms with Crippen molar-refractivity contribution in [2.75, 3.05) is 13.7 Å². The lowest BCUT2D eigenvalue weighted by molar-refractivity contribution is -0.139. The van der Waals surface area contributed by atoms with E-state index in [2.05, 4.69) is 4.74 Å². The molecule has 0 N–H and O–H groups in total. The van der Waals surface area contributed by atoms with E-state index in [0.717, 1.165) is 6.29 Å². The van der Waals surface area contributed by atoms with Crippen molar-refractivity contribution in [1.82, 2.24) is 0 Å². The Labute approximate surface area is 76.5 Å². The molecule has 1 aliphatic heterocycles. The second kappa shape index (κ2) is 4.18. The van der Waals surface area contributed by atoms with Crippen molar-refractivity contribution in [3.63, 3.8) is 0 Å². The topological polar surface area (TPSA) is 55.9 Å². The van der Waals surface area contributed by atoms with Crippen LogP contribution >= 0.6 is 0 Å². The van der Waals surface area contributed by atoms with Gasteiger partial charge in [-0.2, -0.15) is 0 Å². The number of methoxy groups -OCH3 is 1. The fourth-order valence-corrected chi connectivity index (χ4v) is 0.872. The average molecular weight is 184 g/mol. The number of aldehydes is 1. The largest absolute Gasteiger partial charge is 0.469 e. The van der Waals surface area contributed by atoms with E-state index in [1.807, 2.05) is 0 Å². The van der Waals surface area contributed by atoms with Crippen molar-refractivity contribution < 1.29 is 19.1 Å². The summed E-state index contributed by atoms with van der Waals surface area (Å²) in [6, 6.07) is 0. The van der Waals surface area contributed by atoms with E-state index >= 15 is 0 Å². The van der Waals surface area contributed by atoms with Crippen LogP contribution < -0.4 is 0 Å². The first-order chi connectivity index (χ1) is 6.22. The highest BCUT2D eigenvalue weighted by molar-refractivity contribution is 5.71. The van der Waals surface area contributed by atoms with Crippen LogP contribution in [0.5, 0.6) is 0 Å². The Morgan fingerprint density at radius 1 is 1.62 bits per heavy atom. The minimum absolute atomic E-state index is 0.242. The molecule has 1 fully saturated rings. The maximum absolute atomic E-state index is 10.6. The van der Waals surface area contributed by atoms with Crippen LogP contribution in [0.15, 0.2) is 12.2 Å². The molecule has 13 heavy (non-hydrogen) atoms. The minimum atomic E-state index is -0.591. The predicted octanol–water partition coefficient (Wildman–Crippen LogP) is 0.464. The molecular formula is C9H12O4. The summed E-state index contributed by atoms with van der Waals surface area (Å²) in [6.07, 6.45) is 5.02. The van der Waals surface area contributed by atoms with Gasteiger partial charge in [0.25, 0.3) is 0 Å². The Morgan fingerprint density at radius 2 is 2.31 bits per heavy atom. The summed E-state index contributed by atoms with van der Waals surface area (Å²) in [6.45, 7) is 0.485. The number of esters is 1. The van der Waals surface area contributed by atoms with Gasteiger partial charge in [-0.3, -0.25) is 4.79 Å². The average Bonchev–Trinajstić information content (AvgIpc) is 2.93. The van der Waals surface area contributed by atoms with Crippen molar-refractivity contribution in [2.45, 2.75) is 18.4 Å². The summed E-state index contributed by atoms with van der Waals surface area (Å²) in [5.74, 6) is -0.284. The van der Waals surface area contributed by atoms with Crippen molar-refractivity contribution in [3.8, 4) is 0 Å². The third-order valence-corrected chi connectivity index (χ3v) is 1.87. The van der Waals surface area contributed by atoms with Gasteiger partial charge in [0.1, 0.15) is 5.60 Å². The highest BCUT2D eigenvalue weighted by Crippen LogP contribution is 2.28. The van der Waals surface area contributed by atoms with Crippen molar-refractivity contribution in [3.05, 3.63) is 12.2 Å². The van der Waals surface area contributed by atoms with Gasteiger partial charge >= 0.3 is 5.97 Å². The van der Waals surface area contributed by atoms with Crippen molar-refractivity contribution in [2.24, 2.45) is 0 Å². The Morgan fingerprint density at radius 3 is 2.77 bits per heavy atom. The van der Waals surface area contributed by atoms with Gasteiger partial charge in [-0.15, -0.1) is 0 Å². The van der Waals surface area contributed by atoms with Gasteiger partial charge in [0.05, 0.1) is 20.1 Å². The summed E-state index contributed by atoms with van der Waals surface area (Å²) < 4.78 is 9.38. The summed E-state index contributed by atoms with van der Waals surface area (Å²) in [5, 5.41) is 0. The first kappa shape index (κ1) is 9.92. The fourth-order valence-electron chi connectivity index (χ4n) is 0.872. The number of hydrogen-bond acceptors (Lipinski definition) is 4. The van der Waals surface area contributed by atoms with Gasteiger partial charge in [-0.1, -0.05) is 12.2 Å². The number of rotatable bonds is 5. The summed E-state index contributed by atoms with van der Waals surface area (Å²) in [7, 11) is 1.34. The zero-order chi connectivity index (χ0) is 9.73. The Balaban J connectivity index is 2.18. The van der Waals surface area contributed by atoms with Crippen LogP contribution in [0.2, 0.25) is 0 Å². The van der Waals surface area contributed by atoms with Crippen molar-refractivity contribution >= 4 is 12.3 Å². The van der Waals surface area contributed by atoms with Gasteiger partial charge in [-0.05, 0) is 0 Å². The molecule has 0 amide bonds. The molecule has 0 aliphatic carbocycles. The quantitative estimate of drug-likeness (QED) is 0.269. The maximum Gasteiger partial charge on any atom is 0.309 e. The molecule has 1 atom stereocenters. The molecule has 1 saturated heterocycles. The lowest BCUT2D eigenvalue weighted by Crippen LogP contribution is -2.10. The SMILES string of the molecule is COC(=O)C/C=C/CC1(C=O)CO1. The predicted molar refractivity (Wildman–Crippen MR) is 45.1 cm³/mol. The number of hydrogen-bond donors (Lipinski definition) is 0. The van der Waals surface area contributed by atoms with E-state index < -0.39 is 5.60 Å². The lowest BCUT2D eigenvalue weighted by Gasteiger charge is -1.96. The monoisotopic (exact) mass is 184 g/mol. The summed E-state index contributed by atoms with van der Waals surface area (Å²) in [5.41, 5.74) is -0.591. The van der Waals surface area contributed by atoms with Gasteiger partial charge in [0.15, 0.2) is 6.29 Å². The Hall–Kier alpha value is -1.16. The van der Waals surface area contributed by atoms with E-state index in [9.17, 15) is 9.59 Å². The zero-order valence-corrected chi connectivity index (χ0v) is 7.49. The molecular weight excluding hydrogens is 172 g/mol. The third-order valence-electron chi connectivity index (χ3n) is 1.87. The Kier molecular flexibility index (Phi) is 3.19. The molecule has 0 aromatic rings. The molecule has 0 bridgehead atoms. The van der Waals surface area contributed by atoms with Crippen LogP contribution in [0.3, 0.4) is 0 Å². The molecule has 1 heterocycles. The normalized spacial score (nSPS) is 25.9. The van der Waals surface area contributed by atoms with E-state index in [1.165, 1.54) is 7.11 Å². The van der Waals surface area contributed by atoms with E-state index in [4.69, 9.17) is 4.74 Å². The highest BCUT2D eigenvalue weighted by atomic mass is 16.6. The van der Waals surface area contributed by atoms with Crippen LogP contribution in [-0.2, 0) is 19.1 Å². The molecule has 0 saturated carbocycles. The number of carbonyl (C=O) groups is 2. The van der Waals surface area contributed by atoms with E-state index in [0.29, 0.717) is 13.0 Å². The van der Waals surface area contributed by atoms with Crippen LogP contribution in [0, 0.1) is 0 Å². The van der Waals surface area contributed by atoms with E-state index in [1.54, 1.807) is 12.2 Å². The Bertz CT molecular complexity index is 228. The minimum Gasteiger partial charge on any atom is -0.469 e. The second-order valence-corrected chi connectivity index (χ2v) is 2.93. The zero-order valence-electron chi connectivity index (χ0n) is 7.49. The van der Waals surface area contributed by atoms with Crippen LogP contribution in [0.4, 0.5) is 0 Å². The molecule has 1 aliphatic rings. The highest BCUT2D eigenvalue weighted by Gasteiger charge is 2.43. The molecule has 4 heteroatoms. The molecule has 72 valence electrons. The van der Waals surface area contributed by atoms with Gasteiger partial charge in [0, 0.05) is 6.42 Å². The second-order valence-electron chi connectivity index (χ2n) is 2.93. The molecule has 0 spiro atoms. The first-order valence-corrected chi connectivity index (χ1v) is 4.04. The van der Waals surface area contributed by atoms with Crippen LogP contribution in [-0.4, -0.2) is 31.6 Å². The fraction of sp³-hybridized carbons (Fsp3) is 0.556. The number of ether oxygens (including phenoxy) is 2. The lowest BCUT2D eigenvalue weighted by atomic mass is 10.1. The van der Waals surface area contributed by atoms with E-state index in [-0.39, 0.29) is 12.4 Å². The van der Waals surface area contributed by atoms with Gasteiger partial charge in [-0.25, -0.2) is 0 Å². The standard InChI is InChI=1S/C9H12O4/c1-12-8(11)4-2-3-5-9(6-10)7-13-9/h2-3,6H,4-5,7H2,1H3/b3-2+. The smallest absolute Gasteiger partial charge is 0.309 e. The van der Waals surface area contributed by atoms with Gasteiger partial charge in [0.2, 0.25) is 0 Å². The molecule has 0 radical (unpaired) electrons. The third kappa shape index (κ3) is 2.99. The molecule has 1 rings (SSSR count). The van der Waals surface area contributed by atoms with Crippen LogP contribution in [0.25, 0.3) is 0 Å². The summed E-state index contributed by atoms with van der Waals surface area (Å²) in [4.78, 5) is 21.1. The molecule has 0 aromatic carbocycles. The van der Waals surface area contributed by atoms with Crippen molar-refractivity contribution in [1.29, 1.82) is 0 Å². The first-order valence-electron chi connectivity index (χ1n) is 4.04. The molecule has 1 unspecified atom stereocenters. The number of carbonyl (C=O) groups excluding carboxylic acids is 2. The number of epoxide rings is 1. The van der Waals surface area contributed by atoms with Crippen LogP contribution in [0.1, 0.15) is 12.8 Å². The van der Waals surface area contributed by atoms with Gasteiger partial charge < -0.3 is 14.3 Å².